The molecule has 4 rings (SSSR count). The highest BCUT2D eigenvalue weighted by Gasteiger charge is 2.40. The Morgan fingerprint density at radius 3 is 2.53 bits per heavy atom. The molecule has 0 radical (unpaired) electrons. The Bertz CT molecular complexity index is 1200. The molecule has 1 fully saturated rings. The van der Waals surface area contributed by atoms with Gasteiger partial charge in [0.15, 0.2) is 5.84 Å². The van der Waals surface area contributed by atoms with E-state index in [4.69, 9.17) is 0 Å². The fourth-order valence-corrected chi connectivity index (χ4v) is 5.53. The maximum absolute atomic E-state index is 13.2. The number of likely N-dealkylation sites (N-methyl/N-ethyl adjacent to an activating group) is 1. The lowest BCUT2D eigenvalue weighted by Gasteiger charge is -2.29. The van der Waals surface area contributed by atoms with E-state index >= 15 is 0 Å². The molecule has 0 unspecified atom stereocenters. The zero-order valence-electron chi connectivity index (χ0n) is 18.3. The summed E-state index contributed by atoms with van der Waals surface area (Å²) in [5, 5.41) is 2.90. The summed E-state index contributed by atoms with van der Waals surface area (Å²) in [6.45, 7) is 4.27. The van der Waals surface area contributed by atoms with Crippen molar-refractivity contribution < 1.29 is 18.0 Å². The van der Waals surface area contributed by atoms with Crippen LogP contribution in [0.15, 0.2) is 51.8 Å². The number of likely N-dealkylation sites (tertiary alicyclic amines) is 1. The molecule has 1 atom stereocenters. The molecule has 2 aliphatic heterocycles. The predicted octanol–water partition coefficient (Wildman–Crippen LogP) is 2.31. The van der Waals surface area contributed by atoms with Crippen molar-refractivity contribution in [1.29, 1.82) is 0 Å². The number of amidine groups is 1. The second kappa shape index (κ2) is 8.38. The first-order valence-electron chi connectivity index (χ1n) is 10.5. The van der Waals surface area contributed by atoms with Gasteiger partial charge in [-0.15, -0.1) is 4.40 Å². The van der Waals surface area contributed by atoms with Crippen molar-refractivity contribution in [3.63, 3.8) is 0 Å². The van der Waals surface area contributed by atoms with Crippen molar-refractivity contribution >= 4 is 33.4 Å². The molecule has 9 heteroatoms. The lowest BCUT2D eigenvalue weighted by atomic mass is 10.1. The van der Waals surface area contributed by atoms with Crippen molar-refractivity contribution in [2.24, 2.45) is 4.40 Å². The highest BCUT2D eigenvalue weighted by molar-refractivity contribution is 7.90. The van der Waals surface area contributed by atoms with Crippen LogP contribution in [0.5, 0.6) is 0 Å². The molecule has 2 heterocycles. The van der Waals surface area contributed by atoms with E-state index in [0.29, 0.717) is 24.4 Å². The van der Waals surface area contributed by atoms with Crippen molar-refractivity contribution in [2.75, 3.05) is 25.5 Å². The van der Waals surface area contributed by atoms with Crippen molar-refractivity contribution in [1.82, 2.24) is 9.80 Å². The van der Waals surface area contributed by atoms with E-state index in [1.54, 1.807) is 30.1 Å². The molecule has 168 valence electrons. The van der Waals surface area contributed by atoms with Crippen LogP contribution in [0.1, 0.15) is 29.5 Å². The molecular formula is C23H26N4O4S. The summed E-state index contributed by atoms with van der Waals surface area (Å²) in [6, 6.07) is 11.8. The molecule has 0 aliphatic carbocycles. The van der Waals surface area contributed by atoms with Gasteiger partial charge in [-0.1, -0.05) is 30.3 Å². The van der Waals surface area contributed by atoms with Gasteiger partial charge in [0, 0.05) is 24.8 Å². The minimum atomic E-state index is -3.77. The van der Waals surface area contributed by atoms with Gasteiger partial charge in [0.1, 0.15) is 10.9 Å². The highest BCUT2D eigenvalue weighted by atomic mass is 32.2. The number of nitrogens with one attached hydrogen (secondary N) is 1. The number of aryl methyl sites for hydroxylation is 2. The van der Waals surface area contributed by atoms with Crippen LogP contribution in [0.3, 0.4) is 0 Å². The van der Waals surface area contributed by atoms with Crippen LogP contribution < -0.4 is 5.32 Å². The molecule has 0 spiro atoms. The molecule has 0 saturated carbocycles. The Balaban J connectivity index is 1.49. The van der Waals surface area contributed by atoms with E-state index in [1.165, 1.54) is 11.0 Å². The lowest BCUT2D eigenvalue weighted by molar-refractivity contribution is -0.136. The number of amides is 2. The van der Waals surface area contributed by atoms with Crippen molar-refractivity contribution in [3.05, 3.63) is 59.2 Å². The monoisotopic (exact) mass is 454 g/mol. The predicted molar refractivity (Wildman–Crippen MR) is 122 cm³/mol. The normalized spacial score (nSPS) is 18.8. The third-order valence-electron chi connectivity index (χ3n) is 5.92. The molecule has 2 aliphatic rings. The third-order valence-corrected chi connectivity index (χ3v) is 7.25. The van der Waals surface area contributed by atoms with Crippen LogP contribution >= 0.6 is 0 Å². The first-order chi connectivity index (χ1) is 15.2. The number of nitrogens with zero attached hydrogens (tertiary/aromatic N) is 3. The van der Waals surface area contributed by atoms with E-state index in [-0.39, 0.29) is 23.3 Å². The molecule has 1 N–H and O–H groups in total. The Morgan fingerprint density at radius 2 is 1.81 bits per heavy atom. The Hall–Kier alpha value is -3.20. The van der Waals surface area contributed by atoms with Crippen LogP contribution in [0.25, 0.3) is 0 Å². The number of para-hydroxylation sites is 1. The topological polar surface area (TPSA) is 99.2 Å². The summed E-state index contributed by atoms with van der Waals surface area (Å²) in [7, 11) is -2.18. The maximum atomic E-state index is 13.2. The summed E-state index contributed by atoms with van der Waals surface area (Å²) >= 11 is 0. The SMILES string of the molecule is Cc1cccc(C)c1NC(=O)CN(C)C(=O)[C@@H]1CCCN1C1=NS(=O)(=O)c2ccccc21. The fraction of sp³-hybridized carbons (Fsp3) is 0.348. The van der Waals surface area contributed by atoms with Gasteiger partial charge in [-0.25, -0.2) is 0 Å². The van der Waals surface area contributed by atoms with Gasteiger partial charge in [0.2, 0.25) is 11.8 Å². The molecule has 8 nitrogen and oxygen atoms in total. The van der Waals surface area contributed by atoms with Crippen LogP contribution in [0.4, 0.5) is 5.69 Å². The number of rotatable bonds is 4. The highest BCUT2D eigenvalue weighted by Crippen LogP contribution is 2.31. The first kappa shape index (κ1) is 22.0. The molecule has 2 aromatic rings. The smallest absolute Gasteiger partial charge is 0.285 e. The number of carbonyl (C=O) groups is 2. The van der Waals surface area contributed by atoms with Crippen LogP contribution in [-0.2, 0) is 19.6 Å². The number of hydrogen-bond acceptors (Lipinski definition) is 5. The number of anilines is 1. The van der Waals surface area contributed by atoms with Crippen LogP contribution in [-0.4, -0.2) is 62.0 Å². The number of hydrogen-bond donors (Lipinski definition) is 1. The Kier molecular flexibility index (Phi) is 5.77. The van der Waals surface area contributed by atoms with Gasteiger partial charge in [-0.3, -0.25) is 9.59 Å². The molecule has 0 aromatic heterocycles. The van der Waals surface area contributed by atoms with E-state index in [1.807, 2.05) is 32.0 Å². The molecule has 32 heavy (non-hydrogen) atoms. The quantitative estimate of drug-likeness (QED) is 0.764. The van der Waals surface area contributed by atoms with E-state index < -0.39 is 16.1 Å². The van der Waals surface area contributed by atoms with E-state index in [2.05, 4.69) is 9.71 Å². The molecule has 0 bridgehead atoms. The van der Waals surface area contributed by atoms with Gasteiger partial charge in [-0.2, -0.15) is 8.42 Å². The van der Waals surface area contributed by atoms with E-state index in [0.717, 1.165) is 23.2 Å². The second-order valence-corrected chi connectivity index (χ2v) is 9.82. The molecule has 2 amide bonds. The summed E-state index contributed by atoms with van der Waals surface area (Å²) in [5.74, 6) is -0.206. The number of fused-ring (bicyclic) bond motifs is 1. The zero-order valence-corrected chi connectivity index (χ0v) is 19.1. The molecular weight excluding hydrogens is 428 g/mol. The van der Waals surface area contributed by atoms with Crippen molar-refractivity contribution in [3.8, 4) is 0 Å². The number of carbonyl (C=O) groups excluding carboxylic acids is 2. The van der Waals surface area contributed by atoms with Crippen LogP contribution in [0.2, 0.25) is 0 Å². The summed E-state index contributed by atoms with van der Waals surface area (Å²) in [4.78, 5) is 29.1. The maximum Gasteiger partial charge on any atom is 0.285 e. The second-order valence-electron chi connectivity index (χ2n) is 8.25. The lowest BCUT2D eigenvalue weighted by Crippen LogP contribution is -2.48. The summed E-state index contributed by atoms with van der Waals surface area (Å²) in [5.41, 5.74) is 3.17. The third kappa shape index (κ3) is 4.00. The Labute approximate surface area is 188 Å². The van der Waals surface area contributed by atoms with Gasteiger partial charge in [0.25, 0.3) is 10.0 Å². The number of sulfonamides is 1. The molecule has 1 saturated heterocycles. The van der Waals surface area contributed by atoms with Gasteiger partial charge in [-0.05, 0) is 49.9 Å². The van der Waals surface area contributed by atoms with Crippen molar-refractivity contribution in [2.45, 2.75) is 37.6 Å². The average Bonchev–Trinajstić information content (AvgIpc) is 3.33. The standard InChI is InChI=1S/C23H26N4O4S/c1-15-8-6-9-16(2)21(15)24-20(28)14-26(3)23(29)18-11-7-13-27(18)22-17-10-4-5-12-19(17)32(30,31)25-22/h4-6,8-10,12,18H,7,11,13-14H2,1-3H3,(H,24,28)/t18-/m0/s1. The van der Waals surface area contributed by atoms with Gasteiger partial charge in [0.05, 0.1) is 6.54 Å². The molecule has 2 aromatic carbocycles. The minimum absolute atomic E-state index is 0.0989. The largest absolute Gasteiger partial charge is 0.343 e. The van der Waals surface area contributed by atoms with Gasteiger partial charge < -0.3 is 15.1 Å². The van der Waals surface area contributed by atoms with E-state index in [9.17, 15) is 18.0 Å². The van der Waals surface area contributed by atoms with Gasteiger partial charge >= 0.3 is 0 Å². The fourth-order valence-electron chi connectivity index (χ4n) is 4.31. The Morgan fingerprint density at radius 1 is 1.12 bits per heavy atom. The summed E-state index contributed by atoms with van der Waals surface area (Å²) in [6.07, 6.45) is 1.31. The average molecular weight is 455 g/mol. The van der Waals surface area contributed by atoms with Crippen LogP contribution in [0, 0.1) is 13.8 Å². The summed E-state index contributed by atoms with van der Waals surface area (Å²) < 4.78 is 28.8. The zero-order chi connectivity index (χ0) is 23.0. The number of benzene rings is 2. The first-order valence-corrected chi connectivity index (χ1v) is 11.9. The minimum Gasteiger partial charge on any atom is -0.343 e.